The van der Waals surface area contributed by atoms with Crippen molar-refractivity contribution in [1.29, 1.82) is 0 Å². The predicted molar refractivity (Wildman–Crippen MR) is 88.9 cm³/mol. The lowest BCUT2D eigenvalue weighted by atomic mass is 9.93. The number of aryl methyl sites for hydroxylation is 1. The number of amides is 1. The average Bonchev–Trinajstić information content (AvgIpc) is 2.49. The first-order valence-electron chi connectivity index (χ1n) is 8.32. The standard InChI is InChI=1S/C18H28N2O/c1-4-19-17-13-14(3)11-12-16(17)18(21)20(5-2)15-9-7-6-8-10-15/h11-13,15,19H,4-10H2,1-3H3. The van der Waals surface area contributed by atoms with Gasteiger partial charge in [0.2, 0.25) is 0 Å². The number of hydrogen-bond donors (Lipinski definition) is 1. The first-order chi connectivity index (χ1) is 10.2. The number of nitrogens with one attached hydrogen (secondary N) is 1. The maximum Gasteiger partial charge on any atom is 0.256 e. The summed E-state index contributed by atoms with van der Waals surface area (Å²) in [4.78, 5) is 15.0. The molecule has 0 saturated heterocycles. The Morgan fingerprint density at radius 1 is 1.24 bits per heavy atom. The van der Waals surface area contributed by atoms with Crippen molar-refractivity contribution in [1.82, 2.24) is 4.90 Å². The molecule has 2 rings (SSSR count). The summed E-state index contributed by atoms with van der Waals surface area (Å²) in [7, 11) is 0. The molecule has 116 valence electrons. The number of rotatable bonds is 5. The molecular formula is C18H28N2O. The highest BCUT2D eigenvalue weighted by Gasteiger charge is 2.26. The number of anilines is 1. The fourth-order valence-electron chi connectivity index (χ4n) is 3.30. The van der Waals surface area contributed by atoms with Crippen LogP contribution in [0.2, 0.25) is 0 Å². The molecule has 1 N–H and O–H groups in total. The van der Waals surface area contributed by atoms with Gasteiger partial charge >= 0.3 is 0 Å². The average molecular weight is 288 g/mol. The fourth-order valence-corrected chi connectivity index (χ4v) is 3.30. The molecule has 0 spiro atoms. The Bertz CT molecular complexity index is 478. The maximum atomic E-state index is 13.0. The smallest absolute Gasteiger partial charge is 0.256 e. The van der Waals surface area contributed by atoms with Crippen LogP contribution in [0.5, 0.6) is 0 Å². The Kier molecular flexibility index (Phi) is 5.66. The first kappa shape index (κ1) is 15.9. The topological polar surface area (TPSA) is 32.3 Å². The van der Waals surface area contributed by atoms with Gasteiger partial charge in [-0.3, -0.25) is 4.79 Å². The number of carbonyl (C=O) groups is 1. The minimum absolute atomic E-state index is 0.181. The van der Waals surface area contributed by atoms with Crippen LogP contribution in [0.4, 0.5) is 5.69 Å². The summed E-state index contributed by atoms with van der Waals surface area (Å²) >= 11 is 0. The van der Waals surface area contributed by atoms with E-state index < -0.39 is 0 Å². The van der Waals surface area contributed by atoms with Crippen molar-refractivity contribution in [3.05, 3.63) is 29.3 Å². The van der Waals surface area contributed by atoms with Crippen LogP contribution >= 0.6 is 0 Å². The van der Waals surface area contributed by atoms with Gasteiger partial charge in [-0.05, 0) is 51.3 Å². The van der Waals surface area contributed by atoms with E-state index in [9.17, 15) is 4.79 Å². The SMILES string of the molecule is CCNc1cc(C)ccc1C(=O)N(CC)C1CCCCC1. The van der Waals surface area contributed by atoms with E-state index in [1.165, 1.54) is 24.8 Å². The van der Waals surface area contributed by atoms with Crippen molar-refractivity contribution in [2.45, 2.75) is 58.9 Å². The zero-order chi connectivity index (χ0) is 15.2. The van der Waals surface area contributed by atoms with Crippen molar-refractivity contribution in [2.75, 3.05) is 18.4 Å². The highest BCUT2D eigenvalue weighted by Crippen LogP contribution is 2.26. The lowest BCUT2D eigenvalue weighted by Crippen LogP contribution is -2.41. The lowest BCUT2D eigenvalue weighted by molar-refractivity contribution is 0.0649. The van der Waals surface area contributed by atoms with E-state index in [0.29, 0.717) is 6.04 Å². The van der Waals surface area contributed by atoms with E-state index in [1.807, 2.05) is 12.1 Å². The normalized spacial score (nSPS) is 15.8. The van der Waals surface area contributed by atoms with E-state index in [4.69, 9.17) is 0 Å². The molecule has 0 bridgehead atoms. The Hall–Kier alpha value is -1.51. The quantitative estimate of drug-likeness (QED) is 0.879. The molecule has 3 nitrogen and oxygen atoms in total. The second-order valence-electron chi connectivity index (χ2n) is 5.96. The first-order valence-corrected chi connectivity index (χ1v) is 8.32. The second kappa shape index (κ2) is 7.48. The lowest BCUT2D eigenvalue weighted by Gasteiger charge is -2.34. The van der Waals surface area contributed by atoms with Crippen molar-refractivity contribution >= 4 is 11.6 Å². The molecule has 1 aliphatic carbocycles. The second-order valence-corrected chi connectivity index (χ2v) is 5.96. The third-order valence-electron chi connectivity index (χ3n) is 4.39. The Balaban J connectivity index is 2.24. The van der Waals surface area contributed by atoms with Gasteiger partial charge in [-0.2, -0.15) is 0 Å². The molecule has 1 fully saturated rings. The van der Waals surface area contributed by atoms with E-state index in [2.05, 4.69) is 37.1 Å². The van der Waals surface area contributed by atoms with Crippen LogP contribution in [0.1, 0.15) is 61.9 Å². The zero-order valence-corrected chi connectivity index (χ0v) is 13.6. The van der Waals surface area contributed by atoms with Crippen LogP contribution < -0.4 is 5.32 Å². The Morgan fingerprint density at radius 3 is 2.57 bits per heavy atom. The van der Waals surface area contributed by atoms with Crippen LogP contribution in [0, 0.1) is 6.92 Å². The van der Waals surface area contributed by atoms with Gasteiger partial charge in [0.15, 0.2) is 0 Å². The van der Waals surface area contributed by atoms with Crippen molar-refractivity contribution in [2.24, 2.45) is 0 Å². The van der Waals surface area contributed by atoms with Crippen molar-refractivity contribution < 1.29 is 4.79 Å². The summed E-state index contributed by atoms with van der Waals surface area (Å²) in [6.07, 6.45) is 6.13. The zero-order valence-electron chi connectivity index (χ0n) is 13.6. The molecule has 3 heteroatoms. The van der Waals surface area contributed by atoms with Gasteiger partial charge in [0.25, 0.3) is 5.91 Å². The predicted octanol–water partition coefficient (Wildman–Crippen LogP) is 4.22. The van der Waals surface area contributed by atoms with E-state index in [-0.39, 0.29) is 5.91 Å². The van der Waals surface area contributed by atoms with Gasteiger partial charge in [-0.1, -0.05) is 25.3 Å². The highest BCUT2D eigenvalue weighted by atomic mass is 16.2. The van der Waals surface area contributed by atoms with E-state index in [0.717, 1.165) is 37.2 Å². The summed E-state index contributed by atoms with van der Waals surface area (Å²) in [5, 5.41) is 3.33. The molecule has 0 aliphatic heterocycles. The van der Waals surface area contributed by atoms with Crippen LogP contribution in [0.25, 0.3) is 0 Å². The van der Waals surface area contributed by atoms with Gasteiger partial charge in [-0.15, -0.1) is 0 Å². The minimum atomic E-state index is 0.181. The molecule has 1 amide bonds. The molecule has 1 saturated carbocycles. The summed E-state index contributed by atoms with van der Waals surface area (Å²) in [6.45, 7) is 7.85. The maximum absolute atomic E-state index is 13.0. The number of hydrogen-bond acceptors (Lipinski definition) is 2. The summed E-state index contributed by atoms with van der Waals surface area (Å²) in [5.74, 6) is 0.181. The molecular weight excluding hydrogens is 260 g/mol. The van der Waals surface area contributed by atoms with Crippen molar-refractivity contribution in [3.8, 4) is 0 Å². The van der Waals surface area contributed by atoms with Crippen LogP contribution in [0.15, 0.2) is 18.2 Å². The molecule has 0 radical (unpaired) electrons. The third kappa shape index (κ3) is 3.78. The minimum Gasteiger partial charge on any atom is -0.385 e. The Labute approximate surface area is 128 Å². The molecule has 1 aromatic rings. The number of nitrogens with zero attached hydrogens (tertiary/aromatic N) is 1. The monoisotopic (exact) mass is 288 g/mol. The summed E-state index contributed by atoms with van der Waals surface area (Å²) in [6, 6.07) is 6.50. The fraction of sp³-hybridized carbons (Fsp3) is 0.611. The molecule has 0 atom stereocenters. The van der Waals surface area contributed by atoms with E-state index in [1.54, 1.807) is 0 Å². The van der Waals surface area contributed by atoms with Crippen LogP contribution in [0.3, 0.4) is 0 Å². The van der Waals surface area contributed by atoms with Gasteiger partial charge in [0.05, 0.1) is 5.56 Å². The third-order valence-corrected chi connectivity index (χ3v) is 4.39. The van der Waals surface area contributed by atoms with E-state index >= 15 is 0 Å². The highest BCUT2D eigenvalue weighted by molar-refractivity contribution is 6.00. The molecule has 0 aromatic heterocycles. The largest absolute Gasteiger partial charge is 0.385 e. The summed E-state index contributed by atoms with van der Waals surface area (Å²) < 4.78 is 0. The van der Waals surface area contributed by atoms with Crippen molar-refractivity contribution in [3.63, 3.8) is 0 Å². The van der Waals surface area contributed by atoms with Gasteiger partial charge in [-0.25, -0.2) is 0 Å². The molecule has 0 unspecified atom stereocenters. The number of benzene rings is 1. The van der Waals surface area contributed by atoms with Gasteiger partial charge < -0.3 is 10.2 Å². The van der Waals surface area contributed by atoms with Crippen LogP contribution in [-0.2, 0) is 0 Å². The van der Waals surface area contributed by atoms with Gasteiger partial charge in [0.1, 0.15) is 0 Å². The molecule has 1 aromatic carbocycles. The Morgan fingerprint density at radius 2 is 1.95 bits per heavy atom. The summed E-state index contributed by atoms with van der Waals surface area (Å²) in [5.41, 5.74) is 2.97. The molecule has 0 heterocycles. The molecule has 1 aliphatic rings. The van der Waals surface area contributed by atoms with Gasteiger partial charge in [0, 0.05) is 24.8 Å². The van der Waals surface area contributed by atoms with Crippen LogP contribution in [-0.4, -0.2) is 29.9 Å². The molecule has 21 heavy (non-hydrogen) atoms. The number of carbonyl (C=O) groups excluding carboxylic acids is 1.